The van der Waals surface area contributed by atoms with Crippen molar-refractivity contribution in [3.63, 3.8) is 0 Å². The van der Waals surface area contributed by atoms with Crippen LogP contribution in [0.1, 0.15) is 45.0 Å². The zero-order valence-electron chi connectivity index (χ0n) is 20.8. The minimum Gasteiger partial charge on any atom is -0.505 e. The summed E-state index contributed by atoms with van der Waals surface area (Å²) in [5.74, 6) is -0.906. The van der Waals surface area contributed by atoms with E-state index in [1.165, 1.54) is 17.0 Å². The fourth-order valence-corrected chi connectivity index (χ4v) is 3.07. The number of anilines is 2. The summed E-state index contributed by atoms with van der Waals surface area (Å²) in [6, 6.07) is 13.1. The van der Waals surface area contributed by atoms with Crippen LogP contribution in [0.4, 0.5) is 11.4 Å². The quantitative estimate of drug-likeness (QED) is 0.440. The highest BCUT2D eigenvalue weighted by Crippen LogP contribution is 2.32. The number of hydrogen-bond acceptors (Lipinski definition) is 6. The second kappa shape index (κ2) is 11.4. The molecule has 1 aliphatic heterocycles. The normalized spacial score (nSPS) is 13.3. The van der Waals surface area contributed by atoms with Crippen molar-refractivity contribution in [2.45, 2.75) is 40.7 Å². The number of hydrogen-bond donors (Lipinski definition) is 3. The molecule has 2 aromatic rings. The number of para-hydroxylation sites is 2. The molecule has 1 aliphatic rings. The van der Waals surface area contributed by atoms with Gasteiger partial charge in [0, 0.05) is 20.1 Å². The highest BCUT2D eigenvalue weighted by molar-refractivity contribution is 6.33. The van der Waals surface area contributed by atoms with Gasteiger partial charge in [0.1, 0.15) is 11.4 Å². The number of benzene rings is 2. The Morgan fingerprint density at radius 1 is 0.882 bits per heavy atom. The third-order valence-electron chi connectivity index (χ3n) is 4.46. The van der Waals surface area contributed by atoms with Crippen molar-refractivity contribution in [1.82, 2.24) is 10.2 Å². The Balaban J connectivity index is 0.000000945. The average Bonchev–Trinajstić information content (AvgIpc) is 2.98. The van der Waals surface area contributed by atoms with Gasteiger partial charge in [-0.25, -0.2) is 4.90 Å². The molecule has 8 heteroatoms. The van der Waals surface area contributed by atoms with Crippen LogP contribution in [-0.2, 0) is 9.59 Å². The van der Waals surface area contributed by atoms with Crippen LogP contribution in [0.2, 0.25) is 0 Å². The fraction of sp³-hybridized carbons (Fsp3) is 0.346. The van der Waals surface area contributed by atoms with Crippen LogP contribution in [0.25, 0.3) is 0 Å². The molecule has 0 bridgehead atoms. The van der Waals surface area contributed by atoms with E-state index in [1.54, 1.807) is 50.5 Å². The van der Waals surface area contributed by atoms with Gasteiger partial charge in [-0.2, -0.15) is 0 Å². The molecule has 0 fully saturated rings. The van der Waals surface area contributed by atoms with Gasteiger partial charge >= 0.3 is 0 Å². The van der Waals surface area contributed by atoms with Crippen molar-refractivity contribution in [2.24, 2.45) is 5.92 Å². The van der Waals surface area contributed by atoms with Gasteiger partial charge in [0.15, 0.2) is 5.75 Å². The van der Waals surface area contributed by atoms with Gasteiger partial charge in [-0.15, -0.1) is 0 Å². The van der Waals surface area contributed by atoms with Crippen molar-refractivity contribution in [2.75, 3.05) is 24.3 Å². The van der Waals surface area contributed by atoms with Gasteiger partial charge in [-0.3, -0.25) is 14.4 Å². The van der Waals surface area contributed by atoms with Gasteiger partial charge < -0.3 is 20.6 Å². The first-order valence-electron chi connectivity index (χ1n) is 11.2. The maximum absolute atomic E-state index is 13.1. The van der Waals surface area contributed by atoms with Crippen LogP contribution < -0.4 is 15.5 Å². The number of carbonyl (C=O) groups is 3. The molecular weight excluding hydrogens is 432 g/mol. The molecule has 0 aromatic heterocycles. The first-order valence-corrected chi connectivity index (χ1v) is 11.2. The monoisotopic (exact) mass is 466 g/mol. The van der Waals surface area contributed by atoms with E-state index in [9.17, 15) is 19.5 Å². The summed E-state index contributed by atoms with van der Waals surface area (Å²) in [5.41, 5.74) is 0.774. The van der Waals surface area contributed by atoms with E-state index in [-0.39, 0.29) is 40.3 Å². The molecular formula is C26H34N4O4. The summed E-state index contributed by atoms with van der Waals surface area (Å²) < 4.78 is 0. The lowest BCUT2D eigenvalue weighted by molar-refractivity contribution is -0.120. The van der Waals surface area contributed by atoms with Gasteiger partial charge in [0.2, 0.25) is 0 Å². The lowest BCUT2D eigenvalue weighted by atomic mass is 10.1. The molecule has 8 nitrogen and oxygen atoms in total. The number of imide groups is 1. The third kappa shape index (κ3) is 6.15. The third-order valence-corrected chi connectivity index (χ3v) is 4.46. The molecule has 182 valence electrons. The topological polar surface area (TPSA) is 102 Å². The summed E-state index contributed by atoms with van der Waals surface area (Å²) >= 11 is 0. The van der Waals surface area contributed by atoms with E-state index in [4.69, 9.17) is 0 Å². The molecule has 3 rings (SSSR count). The molecule has 3 N–H and O–H groups in total. The van der Waals surface area contributed by atoms with E-state index in [2.05, 4.69) is 31.4 Å². The van der Waals surface area contributed by atoms with Crippen LogP contribution in [0.3, 0.4) is 0 Å². The first kappa shape index (κ1) is 26.4. The number of nitrogens with one attached hydrogen (secondary N) is 2. The predicted molar refractivity (Wildman–Crippen MR) is 134 cm³/mol. The molecule has 0 spiro atoms. The molecule has 3 amide bonds. The van der Waals surface area contributed by atoms with Crippen molar-refractivity contribution in [3.8, 4) is 5.75 Å². The van der Waals surface area contributed by atoms with Gasteiger partial charge in [-0.05, 0) is 44.0 Å². The number of phenols is 1. The molecule has 0 aliphatic carbocycles. The van der Waals surface area contributed by atoms with Gasteiger partial charge in [0.05, 0.1) is 16.9 Å². The van der Waals surface area contributed by atoms with E-state index in [0.29, 0.717) is 5.69 Å². The summed E-state index contributed by atoms with van der Waals surface area (Å²) in [7, 11) is 3.15. The number of amides is 3. The lowest BCUT2D eigenvalue weighted by Gasteiger charge is -2.16. The summed E-state index contributed by atoms with van der Waals surface area (Å²) in [5, 5.41) is 16.5. The van der Waals surface area contributed by atoms with Crippen LogP contribution in [0.15, 0.2) is 59.9 Å². The molecule has 0 saturated carbocycles. The molecule has 1 heterocycles. The second-order valence-corrected chi connectivity index (χ2v) is 9.09. The Hall–Kier alpha value is -3.81. The standard InChI is InChI=1S/C22H24N4O4.C4H10/c1-13(2)23-17-18(22(30)26(21(17)29)14-9-6-5-7-10-14)24-16-12-8-11-15(19(16)27)20(28)25(3)4;1-4(2)3/h5-13,23-24,27H,1-4H3;4H,1-3H3. The molecule has 0 radical (unpaired) electrons. The predicted octanol–water partition coefficient (Wildman–Crippen LogP) is 3.95. The highest BCUT2D eigenvalue weighted by atomic mass is 16.3. The number of rotatable bonds is 6. The van der Waals surface area contributed by atoms with E-state index < -0.39 is 11.8 Å². The molecule has 2 aromatic carbocycles. The van der Waals surface area contributed by atoms with Gasteiger partial charge in [0.25, 0.3) is 17.7 Å². The maximum atomic E-state index is 13.1. The lowest BCUT2D eigenvalue weighted by Crippen LogP contribution is -2.35. The minimum absolute atomic E-state index is 0.00213. The number of nitrogens with zero attached hydrogens (tertiary/aromatic N) is 2. The fourth-order valence-electron chi connectivity index (χ4n) is 3.07. The Morgan fingerprint density at radius 2 is 1.44 bits per heavy atom. The van der Waals surface area contributed by atoms with Crippen molar-refractivity contribution in [1.29, 1.82) is 0 Å². The molecule has 0 unspecified atom stereocenters. The summed E-state index contributed by atoms with van der Waals surface area (Å²) in [6.45, 7) is 10.2. The van der Waals surface area contributed by atoms with Crippen LogP contribution >= 0.6 is 0 Å². The number of carbonyl (C=O) groups excluding carboxylic acids is 3. The Bertz CT molecular complexity index is 1070. The zero-order chi connectivity index (χ0) is 25.6. The largest absolute Gasteiger partial charge is 0.505 e. The smallest absolute Gasteiger partial charge is 0.284 e. The Morgan fingerprint density at radius 3 is 1.97 bits per heavy atom. The highest BCUT2D eigenvalue weighted by Gasteiger charge is 2.40. The average molecular weight is 467 g/mol. The maximum Gasteiger partial charge on any atom is 0.284 e. The SMILES string of the molecule is CC(C)C.CC(C)NC1=C(Nc2cccc(C(=O)N(C)C)c2O)C(=O)N(c2ccccc2)C1=O. The number of phenolic OH excluding ortho intramolecular Hbond substituents is 1. The van der Waals surface area contributed by atoms with E-state index in [0.717, 1.165) is 10.8 Å². The van der Waals surface area contributed by atoms with E-state index in [1.807, 2.05) is 13.8 Å². The number of aromatic hydroxyl groups is 1. The Kier molecular flexibility index (Phi) is 8.83. The van der Waals surface area contributed by atoms with Crippen molar-refractivity contribution >= 4 is 29.1 Å². The zero-order valence-corrected chi connectivity index (χ0v) is 20.8. The van der Waals surface area contributed by atoms with Gasteiger partial charge in [-0.1, -0.05) is 45.0 Å². The minimum atomic E-state index is -0.557. The summed E-state index contributed by atoms with van der Waals surface area (Å²) in [4.78, 5) is 40.9. The summed E-state index contributed by atoms with van der Waals surface area (Å²) in [6.07, 6.45) is 0. The molecule has 34 heavy (non-hydrogen) atoms. The van der Waals surface area contributed by atoms with Crippen LogP contribution in [0, 0.1) is 5.92 Å². The van der Waals surface area contributed by atoms with Crippen LogP contribution in [0.5, 0.6) is 5.75 Å². The van der Waals surface area contributed by atoms with Crippen molar-refractivity contribution < 1.29 is 19.5 Å². The Labute approximate surface area is 201 Å². The van der Waals surface area contributed by atoms with E-state index >= 15 is 0 Å². The first-order chi connectivity index (χ1) is 16.0. The second-order valence-electron chi connectivity index (χ2n) is 9.09. The van der Waals surface area contributed by atoms with Crippen molar-refractivity contribution in [3.05, 3.63) is 65.5 Å². The molecule has 0 atom stereocenters. The van der Waals surface area contributed by atoms with Crippen LogP contribution in [-0.4, -0.2) is 47.9 Å². The molecule has 0 saturated heterocycles.